The monoisotopic (exact) mass is 264 g/mol. The van der Waals surface area contributed by atoms with Gasteiger partial charge in [0, 0.05) is 19.1 Å². The van der Waals surface area contributed by atoms with Crippen LogP contribution in [0, 0.1) is 11.7 Å². The summed E-state index contributed by atoms with van der Waals surface area (Å²) in [7, 11) is 0. The Labute approximate surface area is 115 Å². The number of anilines is 1. The number of hydrogen-bond acceptors (Lipinski definition) is 2. The fourth-order valence-corrected chi connectivity index (χ4v) is 2.74. The highest BCUT2D eigenvalue weighted by Crippen LogP contribution is 2.29. The quantitative estimate of drug-likeness (QED) is 0.903. The molecule has 3 heteroatoms. The maximum absolute atomic E-state index is 14.2. The van der Waals surface area contributed by atoms with Crippen LogP contribution in [-0.2, 0) is 6.42 Å². The summed E-state index contributed by atoms with van der Waals surface area (Å²) < 4.78 is 14.2. The van der Waals surface area contributed by atoms with Crippen LogP contribution in [0.5, 0.6) is 0 Å². The van der Waals surface area contributed by atoms with Gasteiger partial charge in [0.25, 0.3) is 0 Å². The van der Waals surface area contributed by atoms with Crippen molar-refractivity contribution in [2.75, 3.05) is 18.0 Å². The van der Waals surface area contributed by atoms with Crippen LogP contribution in [0.2, 0.25) is 0 Å². The molecule has 1 saturated heterocycles. The first-order chi connectivity index (χ1) is 9.11. The van der Waals surface area contributed by atoms with Crippen molar-refractivity contribution in [2.45, 2.75) is 45.6 Å². The van der Waals surface area contributed by atoms with Crippen LogP contribution in [0.25, 0.3) is 0 Å². The van der Waals surface area contributed by atoms with Gasteiger partial charge in [0.2, 0.25) is 0 Å². The van der Waals surface area contributed by atoms with Gasteiger partial charge in [-0.3, -0.25) is 0 Å². The Balaban J connectivity index is 2.22. The van der Waals surface area contributed by atoms with E-state index in [1.54, 1.807) is 12.1 Å². The van der Waals surface area contributed by atoms with Crippen LogP contribution in [0.3, 0.4) is 0 Å². The number of nitrogens with two attached hydrogens (primary N) is 1. The molecule has 1 heterocycles. The standard InChI is InChI=1S/C16H25FN2/c1-3-14(18)11-13-5-4-6-15(17)16(13)19-9-7-12(2)8-10-19/h4-6,12,14H,3,7-11,18H2,1-2H3. The molecule has 0 bridgehead atoms. The smallest absolute Gasteiger partial charge is 0.146 e. The molecule has 1 aliphatic heterocycles. The summed E-state index contributed by atoms with van der Waals surface area (Å²) in [4.78, 5) is 2.20. The van der Waals surface area contributed by atoms with Crippen molar-refractivity contribution < 1.29 is 4.39 Å². The number of hydrogen-bond donors (Lipinski definition) is 1. The van der Waals surface area contributed by atoms with E-state index < -0.39 is 0 Å². The molecule has 1 aromatic rings. The van der Waals surface area contributed by atoms with Crippen LogP contribution >= 0.6 is 0 Å². The summed E-state index contributed by atoms with van der Waals surface area (Å²) in [5.74, 6) is 0.653. The third-order valence-electron chi connectivity index (χ3n) is 4.18. The molecule has 2 N–H and O–H groups in total. The van der Waals surface area contributed by atoms with Gasteiger partial charge in [0.1, 0.15) is 5.82 Å². The van der Waals surface area contributed by atoms with E-state index in [9.17, 15) is 4.39 Å². The molecule has 1 atom stereocenters. The molecule has 2 nitrogen and oxygen atoms in total. The lowest BCUT2D eigenvalue weighted by Crippen LogP contribution is -2.34. The Morgan fingerprint density at radius 2 is 2.05 bits per heavy atom. The molecule has 2 rings (SSSR count). The van der Waals surface area contributed by atoms with E-state index in [0.29, 0.717) is 0 Å². The Morgan fingerprint density at radius 3 is 2.68 bits per heavy atom. The Kier molecular flexibility index (Phi) is 4.81. The highest BCUT2D eigenvalue weighted by atomic mass is 19.1. The van der Waals surface area contributed by atoms with Crippen LogP contribution in [0.15, 0.2) is 18.2 Å². The molecular formula is C16H25FN2. The van der Waals surface area contributed by atoms with E-state index >= 15 is 0 Å². The summed E-state index contributed by atoms with van der Waals surface area (Å²) in [5, 5.41) is 0. The van der Waals surface area contributed by atoms with Crippen molar-refractivity contribution in [2.24, 2.45) is 11.7 Å². The molecule has 0 aromatic heterocycles. The van der Waals surface area contributed by atoms with E-state index in [0.717, 1.165) is 55.9 Å². The average molecular weight is 264 g/mol. The van der Waals surface area contributed by atoms with Gasteiger partial charge < -0.3 is 10.6 Å². The molecule has 1 fully saturated rings. The van der Waals surface area contributed by atoms with Crippen molar-refractivity contribution in [1.29, 1.82) is 0 Å². The second-order valence-electron chi connectivity index (χ2n) is 5.79. The molecule has 1 unspecified atom stereocenters. The number of para-hydroxylation sites is 1. The number of nitrogens with zero attached hydrogens (tertiary/aromatic N) is 1. The summed E-state index contributed by atoms with van der Waals surface area (Å²) >= 11 is 0. The van der Waals surface area contributed by atoms with Crippen molar-refractivity contribution in [1.82, 2.24) is 0 Å². The lowest BCUT2D eigenvalue weighted by atomic mass is 9.96. The molecule has 0 amide bonds. The minimum atomic E-state index is -0.102. The first-order valence-electron chi connectivity index (χ1n) is 7.39. The van der Waals surface area contributed by atoms with Gasteiger partial charge in [0.05, 0.1) is 5.69 Å². The minimum Gasteiger partial charge on any atom is -0.369 e. The van der Waals surface area contributed by atoms with Crippen molar-refractivity contribution in [3.8, 4) is 0 Å². The van der Waals surface area contributed by atoms with E-state index in [2.05, 4.69) is 18.7 Å². The molecule has 0 saturated carbocycles. The van der Waals surface area contributed by atoms with Gasteiger partial charge in [0.15, 0.2) is 0 Å². The Bertz CT molecular complexity index is 411. The summed E-state index contributed by atoms with van der Waals surface area (Å²) in [6.07, 6.45) is 3.98. The molecule has 19 heavy (non-hydrogen) atoms. The second-order valence-corrected chi connectivity index (χ2v) is 5.79. The van der Waals surface area contributed by atoms with Crippen molar-refractivity contribution in [3.63, 3.8) is 0 Å². The lowest BCUT2D eigenvalue weighted by Gasteiger charge is -2.34. The van der Waals surface area contributed by atoms with E-state index in [1.807, 2.05) is 6.07 Å². The van der Waals surface area contributed by atoms with Crippen molar-refractivity contribution in [3.05, 3.63) is 29.6 Å². The van der Waals surface area contributed by atoms with Crippen LogP contribution in [0.1, 0.15) is 38.7 Å². The molecule has 106 valence electrons. The first kappa shape index (κ1) is 14.3. The van der Waals surface area contributed by atoms with Gasteiger partial charge in [-0.15, -0.1) is 0 Å². The maximum atomic E-state index is 14.2. The Morgan fingerprint density at radius 1 is 1.37 bits per heavy atom. The largest absolute Gasteiger partial charge is 0.369 e. The fourth-order valence-electron chi connectivity index (χ4n) is 2.74. The zero-order valence-corrected chi connectivity index (χ0v) is 12.0. The van der Waals surface area contributed by atoms with Crippen LogP contribution in [0.4, 0.5) is 10.1 Å². The summed E-state index contributed by atoms with van der Waals surface area (Å²) in [5.41, 5.74) is 7.88. The van der Waals surface area contributed by atoms with E-state index in [4.69, 9.17) is 5.73 Å². The van der Waals surface area contributed by atoms with E-state index in [-0.39, 0.29) is 11.9 Å². The number of benzene rings is 1. The number of rotatable bonds is 4. The molecule has 1 aliphatic rings. The van der Waals surface area contributed by atoms with Crippen LogP contribution < -0.4 is 10.6 Å². The predicted molar refractivity (Wildman–Crippen MR) is 79.0 cm³/mol. The van der Waals surface area contributed by atoms with Gasteiger partial charge in [-0.25, -0.2) is 4.39 Å². The normalized spacial score (nSPS) is 18.6. The first-order valence-corrected chi connectivity index (χ1v) is 7.39. The average Bonchev–Trinajstić information content (AvgIpc) is 2.40. The van der Waals surface area contributed by atoms with Gasteiger partial charge >= 0.3 is 0 Å². The molecular weight excluding hydrogens is 239 g/mol. The zero-order valence-electron chi connectivity index (χ0n) is 12.0. The van der Waals surface area contributed by atoms with E-state index in [1.165, 1.54) is 0 Å². The predicted octanol–water partition coefficient (Wildman–Crippen LogP) is 3.34. The van der Waals surface area contributed by atoms with Gasteiger partial charge in [-0.2, -0.15) is 0 Å². The summed E-state index contributed by atoms with van der Waals surface area (Å²) in [6.45, 7) is 6.26. The number of piperidine rings is 1. The fraction of sp³-hybridized carbons (Fsp3) is 0.625. The Hall–Kier alpha value is -1.09. The third kappa shape index (κ3) is 3.47. The number of halogens is 1. The highest BCUT2D eigenvalue weighted by Gasteiger charge is 2.21. The molecule has 0 aliphatic carbocycles. The van der Waals surface area contributed by atoms with Crippen molar-refractivity contribution >= 4 is 5.69 Å². The van der Waals surface area contributed by atoms with Gasteiger partial charge in [-0.05, 0) is 43.2 Å². The van der Waals surface area contributed by atoms with Crippen LogP contribution in [-0.4, -0.2) is 19.1 Å². The second kappa shape index (κ2) is 6.38. The lowest BCUT2D eigenvalue weighted by molar-refractivity contribution is 0.433. The third-order valence-corrected chi connectivity index (χ3v) is 4.18. The minimum absolute atomic E-state index is 0.102. The molecule has 0 radical (unpaired) electrons. The molecule has 1 aromatic carbocycles. The molecule has 0 spiro atoms. The zero-order chi connectivity index (χ0) is 13.8. The maximum Gasteiger partial charge on any atom is 0.146 e. The van der Waals surface area contributed by atoms with Gasteiger partial charge in [-0.1, -0.05) is 26.0 Å². The topological polar surface area (TPSA) is 29.3 Å². The SMILES string of the molecule is CCC(N)Cc1cccc(F)c1N1CCC(C)CC1. The summed E-state index contributed by atoms with van der Waals surface area (Å²) in [6, 6.07) is 5.49. The highest BCUT2D eigenvalue weighted by molar-refractivity contribution is 5.55.